The first-order valence-corrected chi connectivity index (χ1v) is 56.9. The fraction of sp³-hybridized carbons (Fsp3) is 0.618. The summed E-state index contributed by atoms with van der Waals surface area (Å²) in [7, 11) is -4.21. The van der Waals surface area contributed by atoms with E-state index in [1.54, 1.807) is 41.0 Å². The third-order valence-corrected chi connectivity index (χ3v) is 50.1. The lowest BCUT2D eigenvalue weighted by molar-refractivity contribution is 0.556. The van der Waals surface area contributed by atoms with Crippen molar-refractivity contribution in [3.05, 3.63) is 188 Å². The van der Waals surface area contributed by atoms with Crippen LogP contribution in [0.5, 0.6) is 0 Å². The van der Waals surface area contributed by atoms with Crippen LogP contribution in [0.25, 0.3) is 39.7 Å². The van der Waals surface area contributed by atoms with Crippen molar-refractivity contribution in [3.8, 4) is 19.5 Å². The van der Waals surface area contributed by atoms with Crippen molar-refractivity contribution in [3.63, 3.8) is 0 Å². The van der Waals surface area contributed by atoms with E-state index in [9.17, 15) is 0 Å². The topological polar surface area (TPSA) is 0 Å². The van der Waals surface area contributed by atoms with E-state index in [0.717, 1.165) is 25.7 Å². The van der Waals surface area contributed by atoms with Gasteiger partial charge in [0.15, 0.2) is 0 Å². The Morgan fingerprint density at radius 3 is 0.629 bits per heavy atom. The minimum absolute atomic E-state index is 0.495. The third kappa shape index (κ3) is 20.5. The summed E-state index contributed by atoms with van der Waals surface area (Å²) in [5.74, 6) is 0. The van der Waals surface area contributed by atoms with E-state index in [1.165, 1.54) is 331 Å². The second kappa shape index (κ2) is 45.3. The molecular weight excluding hydrogens is 1510 g/mol. The molecule has 0 saturated carbocycles. The maximum Gasteiger partial charge on any atom is 0.107 e. The highest BCUT2D eigenvalue weighted by molar-refractivity contribution is 7.34. The Morgan fingerprint density at radius 2 is 0.431 bits per heavy atom. The Labute approximate surface area is 729 Å². The number of unbranched alkanes of at least 4 members (excludes halogenated alkanes) is 36. The van der Waals surface area contributed by atoms with E-state index in [2.05, 4.69) is 277 Å². The molecule has 0 nitrogen and oxygen atoms in total. The highest BCUT2D eigenvalue weighted by Crippen LogP contribution is 2.67. The van der Waals surface area contributed by atoms with Gasteiger partial charge in [-0.25, -0.2) is 0 Å². The zero-order valence-electron chi connectivity index (χ0n) is 76.8. The molecule has 4 aromatic heterocycles. The van der Waals surface area contributed by atoms with E-state index in [4.69, 9.17) is 0 Å². The standard InChI is InChI=1S/C110H162S4Si2/c1-17-21-25-29-33-37-41-45-49-53-57-87-61-69-91(70-62-87)109(92-71-63-88(64-72-92)58-54-50-46-42-38-34-30-26-22-18-2)97-79-101(115(81(5)6,82(7)8)83(9)10)113-105(97)107-103(109)95-77-100-96(78-99(95)111-107)104-108(112-100)106-98(80-102(114-106)116(84(11)12,85(13)14)86(15)16)110(104,93-73-65-89(66-74-93)59-55-51-47-43-39-35-31-27-23-19-3)94-75-67-90(68-76-94)60-56-52-48-44-40-36-32-28-24-20-4/h61-86H,17-60H2,1-16H3. The van der Waals surface area contributed by atoms with Crippen molar-refractivity contribution in [2.75, 3.05) is 0 Å². The zero-order chi connectivity index (χ0) is 82.2. The van der Waals surface area contributed by atoms with Crippen molar-refractivity contribution >= 4 is 90.7 Å². The zero-order valence-corrected chi connectivity index (χ0v) is 82.0. The van der Waals surface area contributed by atoms with Crippen LogP contribution in [-0.4, -0.2) is 16.1 Å². The van der Waals surface area contributed by atoms with Crippen molar-refractivity contribution in [2.45, 2.75) is 437 Å². The van der Waals surface area contributed by atoms with E-state index in [0.29, 0.717) is 33.2 Å². The van der Waals surface area contributed by atoms with Crippen LogP contribution < -0.4 is 9.00 Å². The van der Waals surface area contributed by atoms with Crippen LogP contribution >= 0.6 is 45.3 Å². The van der Waals surface area contributed by atoms with E-state index in [1.807, 2.05) is 0 Å². The van der Waals surface area contributed by atoms with Gasteiger partial charge in [-0.2, -0.15) is 0 Å². The fourth-order valence-electron chi connectivity index (χ4n) is 23.3. The number of rotatable bonds is 56. The number of thiophene rings is 4. The van der Waals surface area contributed by atoms with Gasteiger partial charge in [0.05, 0.1) is 20.6 Å². The van der Waals surface area contributed by atoms with Crippen LogP contribution in [0.4, 0.5) is 0 Å². The molecule has 116 heavy (non-hydrogen) atoms. The summed E-state index contributed by atoms with van der Waals surface area (Å²) in [5, 5.41) is 2.95. The van der Waals surface area contributed by atoms with Crippen LogP contribution in [0, 0.1) is 0 Å². The summed E-state index contributed by atoms with van der Waals surface area (Å²) < 4.78 is 6.36. The summed E-state index contributed by atoms with van der Waals surface area (Å²) in [6, 6.07) is 53.1. The molecule has 0 bridgehead atoms. The highest BCUT2D eigenvalue weighted by atomic mass is 32.1. The van der Waals surface area contributed by atoms with Gasteiger partial charge in [0.1, 0.15) is 16.1 Å². The molecule has 0 amide bonds. The molecule has 2 aliphatic rings. The SMILES string of the molecule is CCCCCCCCCCCCc1ccc(C2(c3ccc(CCCCCCCCCCCC)cc3)c3cc([Si](C(C)C)(C(C)C)C(C)C)sc3-c3sc4cc5c6c(sc5cc4c32)-c2sc([Si](C(C)C)(C(C)C)C(C)C)cc2C6(c2ccc(CCCCCCCCCCCC)cc2)c2ccc(CCCCCCCCCCCC)cc2)cc1. The Bertz CT molecular complexity index is 3890. The molecule has 0 fully saturated rings. The lowest BCUT2D eigenvalue weighted by Crippen LogP contribution is -2.54. The van der Waals surface area contributed by atoms with E-state index in [-0.39, 0.29) is 0 Å². The van der Waals surface area contributed by atoms with Crippen LogP contribution in [0.3, 0.4) is 0 Å². The smallest absolute Gasteiger partial charge is 0.107 e. The van der Waals surface area contributed by atoms with Gasteiger partial charge in [0, 0.05) is 19.2 Å². The summed E-state index contributed by atoms with van der Waals surface area (Å²) >= 11 is 8.80. The van der Waals surface area contributed by atoms with Crippen molar-refractivity contribution in [1.82, 2.24) is 0 Å². The van der Waals surface area contributed by atoms with Gasteiger partial charge in [0.25, 0.3) is 0 Å². The van der Waals surface area contributed by atoms with Crippen LogP contribution in [-0.2, 0) is 36.5 Å². The molecular formula is C110H162S4Si2. The molecule has 0 aliphatic heterocycles. The van der Waals surface area contributed by atoms with Crippen molar-refractivity contribution in [2.24, 2.45) is 0 Å². The van der Waals surface area contributed by atoms with Gasteiger partial charge in [-0.05, 0) is 195 Å². The fourth-order valence-corrected chi connectivity index (χ4v) is 46.6. The van der Waals surface area contributed by atoms with Gasteiger partial charge < -0.3 is 0 Å². The second-order valence-corrected chi connectivity index (χ2v) is 55.6. The summed E-state index contributed by atoms with van der Waals surface area (Å²) in [5.41, 5.74) is 20.7. The molecule has 0 spiro atoms. The second-order valence-electron chi connectivity index (χ2n) is 39.0. The van der Waals surface area contributed by atoms with Crippen LogP contribution in [0.2, 0.25) is 33.2 Å². The maximum absolute atomic E-state index is 2.88. The molecule has 0 saturated heterocycles. The van der Waals surface area contributed by atoms with Crippen molar-refractivity contribution in [1.29, 1.82) is 0 Å². The quantitative estimate of drug-likeness (QED) is 0.0263. The lowest BCUT2D eigenvalue weighted by Gasteiger charge is -2.42. The van der Waals surface area contributed by atoms with Gasteiger partial charge in [-0.15, -0.1) is 45.3 Å². The maximum atomic E-state index is 2.88. The predicted molar refractivity (Wildman–Crippen MR) is 531 cm³/mol. The van der Waals surface area contributed by atoms with Gasteiger partial charge >= 0.3 is 0 Å². The number of aryl methyl sites for hydroxylation is 4. The molecule has 0 radical (unpaired) electrons. The molecule has 5 aromatic carbocycles. The first kappa shape index (κ1) is 92.6. The first-order valence-electron chi connectivity index (χ1n) is 49.1. The molecule has 4 heterocycles. The van der Waals surface area contributed by atoms with Crippen molar-refractivity contribution < 1.29 is 0 Å². The highest BCUT2D eigenvalue weighted by Gasteiger charge is 2.56. The molecule has 9 aromatic rings. The average Bonchev–Trinajstić information content (AvgIpc) is 2.17. The molecule has 0 atom stereocenters. The van der Waals surface area contributed by atoms with Gasteiger partial charge in [-0.3, -0.25) is 0 Å². The minimum Gasteiger partial charge on any atom is -0.144 e. The van der Waals surface area contributed by atoms with E-state index >= 15 is 0 Å². The molecule has 6 heteroatoms. The molecule has 11 rings (SSSR count). The third-order valence-electron chi connectivity index (χ3n) is 29.3. The molecule has 0 N–H and O–H groups in total. The normalized spacial score (nSPS) is 13.9. The molecule has 634 valence electrons. The summed E-state index contributed by atoms with van der Waals surface area (Å²) in [4.78, 5) is 6.18. The lowest BCUT2D eigenvalue weighted by atomic mass is 9.67. The largest absolute Gasteiger partial charge is 0.144 e. The van der Waals surface area contributed by atoms with Gasteiger partial charge in [-0.1, -0.05) is 439 Å². The number of hydrogen-bond donors (Lipinski definition) is 0. The Morgan fingerprint density at radius 1 is 0.233 bits per heavy atom. The summed E-state index contributed by atoms with van der Waals surface area (Å²) in [6.45, 7) is 40.5. The number of fused-ring (bicyclic) bond motifs is 10. The Hall–Kier alpha value is -4.15. The molecule has 2 aliphatic carbocycles. The first-order chi connectivity index (χ1) is 56.4. The Kier molecular flexibility index (Phi) is 36.1. The average molecular weight is 1670 g/mol. The summed E-state index contributed by atoms with van der Waals surface area (Å²) in [6.07, 6.45) is 59.4. The van der Waals surface area contributed by atoms with Crippen LogP contribution in [0.15, 0.2) is 121 Å². The Balaban J connectivity index is 1.08. The minimum atomic E-state index is -2.11. The molecule has 0 unspecified atom stereocenters. The van der Waals surface area contributed by atoms with E-state index < -0.39 is 27.0 Å². The number of benzene rings is 5. The van der Waals surface area contributed by atoms with Gasteiger partial charge in [0.2, 0.25) is 0 Å². The predicted octanol–water partition coefficient (Wildman–Crippen LogP) is 36.6. The number of hydrogen-bond acceptors (Lipinski definition) is 4. The van der Waals surface area contributed by atoms with Crippen LogP contribution in [0.1, 0.15) is 434 Å². The monoisotopic (exact) mass is 1670 g/mol.